The average molecular weight is 497 g/mol. The van der Waals surface area contributed by atoms with Gasteiger partial charge in [-0.1, -0.05) is 24.6 Å². The van der Waals surface area contributed by atoms with Crippen molar-refractivity contribution >= 4 is 39.1 Å². The molecule has 9 heteroatoms. The van der Waals surface area contributed by atoms with Crippen LogP contribution in [0, 0.1) is 39.4 Å². The second-order valence-corrected chi connectivity index (χ2v) is 8.70. The lowest BCUT2D eigenvalue weighted by Crippen LogP contribution is -2.25. The Balaban J connectivity index is 1.74. The zero-order valence-electron chi connectivity index (χ0n) is 17.6. The molecule has 3 aromatic rings. The molecule has 1 atom stereocenters. The van der Waals surface area contributed by atoms with Gasteiger partial charge in [0.25, 0.3) is 0 Å². The molecule has 0 bridgehead atoms. The highest BCUT2D eigenvalue weighted by molar-refractivity contribution is 9.10. The third kappa shape index (κ3) is 4.59. The lowest BCUT2D eigenvalue weighted by Gasteiger charge is -2.14. The summed E-state index contributed by atoms with van der Waals surface area (Å²) in [6.07, 6.45) is 0. The van der Waals surface area contributed by atoms with E-state index < -0.39 is 0 Å². The first kappa shape index (κ1) is 22.5. The molecule has 1 unspecified atom stereocenters. The van der Waals surface area contributed by atoms with Gasteiger partial charge in [-0.2, -0.15) is 10.2 Å². The van der Waals surface area contributed by atoms with Gasteiger partial charge in [-0.3, -0.25) is 14.2 Å². The first-order valence-corrected chi connectivity index (χ1v) is 10.7. The summed E-state index contributed by atoms with van der Waals surface area (Å²) < 4.78 is 17.8. The monoisotopic (exact) mass is 495 g/mol. The Morgan fingerprint density at radius 2 is 1.83 bits per heavy atom. The molecule has 0 spiro atoms. The van der Waals surface area contributed by atoms with Gasteiger partial charge < -0.3 is 5.32 Å². The van der Waals surface area contributed by atoms with Gasteiger partial charge in [0.05, 0.1) is 46.2 Å². The Labute approximate surface area is 188 Å². The molecule has 0 aliphatic rings. The number of carbonyl (C=O) groups excluding carboxylic acids is 1. The van der Waals surface area contributed by atoms with Gasteiger partial charge in [0.2, 0.25) is 5.91 Å². The molecule has 3 rings (SSSR count). The fourth-order valence-electron chi connectivity index (χ4n) is 3.28. The van der Waals surface area contributed by atoms with Gasteiger partial charge >= 0.3 is 0 Å². The summed E-state index contributed by atoms with van der Waals surface area (Å²) in [5, 5.41) is 12.3. The minimum atomic E-state index is -0.381. The average Bonchev–Trinajstić information content (AvgIpc) is 3.08. The van der Waals surface area contributed by atoms with Gasteiger partial charge in [-0.25, -0.2) is 4.39 Å². The van der Waals surface area contributed by atoms with Gasteiger partial charge in [0.15, 0.2) is 0 Å². The fourth-order valence-corrected chi connectivity index (χ4v) is 3.80. The molecule has 2 aromatic heterocycles. The topological polar surface area (TPSA) is 64.7 Å². The lowest BCUT2D eigenvalue weighted by molar-refractivity contribution is -0.119. The first-order chi connectivity index (χ1) is 14.1. The van der Waals surface area contributed by atoms with Crippen LogP contribution in [-0.2, 0) is 17.9 Å². The van der Waals surface area contributed by atoms with Crippen molar-refractivity contribution in [2.45, 2.75) is 47.7 Å². The summed E-state index contributed by atoms with van der Waals surface area (Å²) in [6.45, 7) is 10.3. The van der Waals surface area contributed by atoms with Crippen LogP contribution in [0.4, 0.5) is 10.1 Å². The van der Waals surface area contributed by atoms with E-state index >= 15 is 0 Å². The van der Waals surface area contributed by atoms with E-state index in [0.717, 1.165) is 27.1 Å². The SMILES string of the molecule is Cc1nn(CC(C)C(=O)Nc2c(C)nn(Cc3ccc(F)cc3Cl)c2C)c(C)c1Br. The number of amides is 1. The summed E-state index contributed by atoms with van der Waals surface area (Å²) in [7, 11) is 0. The van der Waals surface area contributed by atoms with Gasteiger partial charge in [-0.15, -0.1) is 0 Å². The molecule has 0 fully saturated rings. The third-order valence-electron chi connectivity index (χ3n) is 5.15. The number of nitrogens with one attached hydrogen (secondary N) is 1. The van der Waals surface area contributed by atoms with Crippen LogP contribution in [0.25, 0.3) is 0 Å². The van der Waals surface area contributed by atoms with E-state index in [1.807, 2.05) is 39.3 Å². The molecule has 1 N–H and O–H groups in total. The molecule has 0 radical (unpaired) electrons. The van der Waals surface area contributed by atoms with E-state index in [1.165, 1.54) is 12.1 Å². The summed E-state index contributed by atoms with van der Waals surface area (Å²) in [6, 6.07) is 4.29. The maximum atomic E-state index is 13.3. The Kier molecular flexibility index (Phi) is 6.67. The van der Waals surface area contributed by atoms with Crippen LogP contribution in [0.1, 0.15) is 35.3 Å². The maximum absolute atomic E-state index is 13.3. The van der Waals surface area contributed by atoms with E-state index in [-0.39, 0.29) is 17.6 Å². The Bertz CT molecular complexity index is 1110. The molecular formula is C21H24BrClFN5O. The van der Waals surface area contributed by atoms with Crippen molar-refractivity contribution in [3.8, 4) is 0 Å². The molecule has 2 heterocycles. The number of benzene rings is 1. The van der Waals surface area contributed by atoms with E-state index in [4.69, 9.17) is 11.6 Å². The maximum Gasteiger partial charge on any atom is 0.229 e. The molecule has 1 aromatic carbocycles. The minimum Gasteiger partial charge on any atom is -0.323 e. The third-order valence-corrected chi connectivity index (χ3v) is 6.65. The van der Waals surface area contributed by atoms with Crippen LogP contribution in [0.2, 0.25) is 5.02 Å². The Hall–Kier alpha value is -2.19. The number of aryl methyl sites for hydroxylation is 2. The zero-order chi connectivity index (χ0) is 22.2. The number of hydrogen-bond donors (Lipinski definition) is 1. The highest BCUT2D eigenvalue weighted by Crippen LogP contribution is 2.25. The van der Waals surface area contributed by atoms with Crippen LogP contribution in [0.3, 0.4) is 0 Å². The minimum absolute atomic E-state index is 0.107. The highest BCUT2D eigenvalue weighted by atomic mass is 79.9. The van der Waals surface area contributed by atoms with Crippen molar-refractivity contribution < 1.29 is 9.18 Å². The van der Waals surface area contributed by atoms with Crippen molar-refractivity contribution in [1.29, 1.82) is 0 Å². The predicted molar refractivity (Wildman–Crippen MR) is 119 cm³/mol. The molecule has 0 aliphatic heterocycles. The number of hydrogen-bond acceptors (Lipinski definition) is 3. The standard InChI is InChI=1S/C21H24BrClFN5O/c1-11(9-28-14(4)19(22)12(2)26-28)21(30)25-20-13(3)27-29(15(20)5)10-16-6-7-17(24)8-18(16)23/h6-8,11H,9-10H2,1-5H3,(H,25,30). The predicted octanol–water partition coefficient (Wildman–Crippen LogP) is 5.19. The van der Waals surface area contributed by atoms with E-state index in [9.17, 15) is 9.18 Å². The van der Waals surface area contributed by atoms with E-state index in [2.05, 4.69) is 31.4 Å². The summed E-state index contributed by atoms with van der Waals surface area (Å²) in [5.41, 5.74) is 4.84. The number of carbonyl (C=O) groups is 1. The fraction of sp³-hybridized carbons (Fsp3) is 0.381. The van der Waals surface area contributed by atoms with Crippen LogP contribution in [0.5, 0.6) is 0 Å². The van der Waals surface area contributed by atoms with Gasteiger partial charge in [-0.05, 0) is 61.3 Å². The quantitative estimate of drug-likeness (QED) is 0.511. The van der Waals surface area contributed by atoms with Crippen LogP contribution >= 0.6 is 27.5 Å². The van der Waals surface area contributed by atoms with Crippen molar-refractivity contribution in [3.05, 3.63) is 61.9 Å². The van der Waals surface area contributed by atoms with Crippen LogP contribution < -0.4 is 5.32 Å². The normalized spacial score (nSPS) is 12.3. The molecule has 0 saturated carbocycles. The summed E-state index contributed by atoms with van der Waals surface area (Å²) in [4.78, 5) is 12.8. The van der Waals surface area contributed by atoms with Crippen molar-refractivity contribution in [1.82, 2.24) is 19.6 Å². The molecule has 160 valence electrons. The van der Waals surface area contributed by atoms with E-state index in [1.54, 1.807) is 10.7 Å². The largest absolute Gasteiger partial charge is 0.323 e. The Morgan fingerprint density at radius 1 is 1.17 bits per heavy atom. The molecule has 1 amide bonds. The molecular weight excluding hydrogens is 473 g/mol. The second-order valence-electron chi connectivity index (χ2n) is 7.50. The molecule has 6 nitrogen and oxygen atoms in total. The molecule has 0 saturated heterocycles. The van der Waals surface area contributed by atoms with Gasteiger partial charge in [0, 0.05) is 10.7 Å². The van der Waals surface area contributed by atoms with Crippen LogP contribution in [0.15, 0.2) is 22.7 Å². The smallest absolute Gasteiger partial charge is 0.229 e. The Morgan fingerprint density at radius 3 is 2.43 bits per heavy atom. The highest BCUT2D eigenvalue weighted by Gasteiger charge is 2.21. The number of aromatic nitrogens is 4. The molecule has 0 aliphatic carbocycles. The van der Waals surface area contributed by atoms with Crippen molar-refractivity contribution in [3.63, 3.8) is 0 Å². The number of halogens is 3. The van der Waals surface area contributed by atoms with Gasteiger partial charge in [0.1, 0.15) is 5.82 Å². The van der Waals surface area contributed by atoms with Crippen molar-refractivity contribution in [2.24, 2.45) is 5.92 Å². The number of nitrogens with zero attached hydrogens (tertiary/aromatic N) is 4. The van der Waals surface area contributed by atoms with Crippen molar-refractivity contribution in [2.75, 3.05) is 5.32 Å². The molecule has 30 heavy (non-hydrogen) atoms. The first-order valence-electron chi connectivity index (χ1n) is 9.56. The number of rotatable bonds is 6. The number of anilines is 1. The zero-order valence-corrected chi connectivity index (χ0v) is 19.9. The van der Waals surface area contributed by atoms with E-state index in [0.29, 0.717) is 29.5 Å². The van der Waals surface area contributed by atoms with Crippen LogP contribution in [-0.4, -0.2) is 25.5 Å². The summed E-state index contributed by atoms with van der Waals surface area (Å²) in [5.74, 6) is -0.776. The summed E-state index contributed by atoms with van der Waals surface area (Å²) >= 11 is 9.66. The second kappa shape index (κ2) is 8.89. The lowest BCUT2D eigenvalue weighted by atomic mass is 10.1.